The molecule has 3 heterocycles. The predicted octanol–water partition coefficient (Wildman–Crippen LogP) is 5.52. The Labute approximate surface area is 210 Å². The fraction of sp³-hybridized carbons (Fsp3) is 0.607. The van der Waals surface area contributed by atoms with Crippen LogP contribution < -0.4 is 9.64 Å². The third-order valence-corrected chi connectivity index (χ3v) is 5.72. The zero-order valence-corrected chi connectivity index (χ0v) is 22.7. The number of hydrogen-bond acceptors (Lipinski definition) is 6. The molecule has 3 rings (SSSR count). The number of piperidine rings is 1. The number of pyridine rings is 2. The number of rotatable bonds is 7. The van der Waals surface area contributed by atoms with E-state index in [0.717, 1.165) is 59.9 Å². The normalized spacial score (nSPS) is 15.4. The Bertz CT molecular complexity index is 963. The van der Waals surface area contributed by atoms with Crippen LogP contribution in [0.5, 0.6) is 5.75 Å². The molecule has 0 saturated carbocycles. The standard InChI is InChI=1S/C24H33N3O3.C4H10O/c1-16(2)15-30-18-6-7-21(26-13-18)20-14-25-17(3)19(12-22(28)29)23(20)27-10-8-24(4,5)9-11-27;1-4(2,3)5/h6-7,13-14,16H,8-12,15H2,1-5H3,(H,28,29);5H,1-3H3. The average molecular weight is 486 g/mol. The molecule has 0 radical (unpaired) electrons. The number of aromatic nitrogens is 2. The van der Waals surface area contributed by atoms with Crippen molar-refractivity contribution < 1.29 is 19.7 Å². The predicted molar refractivity (Wildman–Crippen MR) is 141 cm³/mol. The van der Waals surface area contributed by atoms with Crippen molar-refractivity contribution >= 4 is 11.7 Å². The number of aliphatic carboxylic acids is 1. The molecule has 1 aliphatic rings. The Balaban J connectivity index is 0.000000784. The molecule has 0 bridgehead atoms. The molecule has 35 heavy (non-hydrogen) atoms. The largest absolute Gasteiger partial charge is 0.492 e. The molecule has 7 heteroatoms. The molecule has 2 aromatic heterocycles. The lowest BCUT2D eigenvalue weighted by Gasteiger charge is -2.40. The van der Waals surface area contributed by atoms with E-state index in [9.17, 15) is 9.90 Å². The Morgan fingerprint density at radius 2 is 1.74 bits per heavy atom. The Kier molecular flexibility index (Phi) is 9.67. The summed E-state index contributed by atoms with van der Waals surface area (Å²) in [6.07, 6.45) is 5.65. The maximum absolute atomic E-state index is 11.6. The molecular formula is C28H43N3O4. The van der Waals surface area contributed by atoms with Crippen LogP contribution in [0.4, 0.5) is 5.69 Å². The lowest BCUT2D eigenvalue weighted by atomic mass is 9.82. The highest BCUT2D eigenvalue weighted by Crippen LogP contribution is 2.39. The van der Waals surface area contributed by atoms with Crippen molar-refractivity contribution in [3.05, 3.63) is 35.8 Å². The highest BCUT2D eigenvalue weighted by Gasteiger charge is 2.29. The summed E-state index contributed by atoms with van der Waals surface area (Å²) in [5.41, 5.74) is 3.97. The van der Waals surface area contributed by atoms with Crippen molar-refractivity contribution in [2.45, 2.75) is 80.3 Å². The first-order chi connectivity index (χ1) is 16.2. The summed E-state index contributed by atoms with van der Waals surface area (Å²) >= 11 is 0. The van der Waals surface area contributed by atoms with Gasteiger partial charge < -0.3 is 19.8 Å². The Hall–Kier alpha value is -2.67. The zero-order chi connectivity index (χ0) is 26.4. The molecule has 7 nitrogen and oxygen atoms in total. The van der Waals surface area contributed by atoms with Crippen molar-refractivity contribution in [2.75, 3.05) is 24.6 Å². The first kappa shape index (κ1) is 28.6. The fourth-order valence-electron chi connectivity index (χ4n) is 3.77. The monoisotopic (exact) mass is 485 g/mol. The minimum absolute atomic E-state index is 0.0442. The third kappa shape index (κ3) is 9.48. The number of carboxylic acid groups (broad SMARTS) is 1. The van der Waals surface area contributed by atoms with Gasteiger partial charge in [-0.2, -0.15) is 0 Å². The van der Waals surface area contributed by atoms with Gasteiger partial charge in [-0.3, -0.25) is 14.8 Å². The third-order valence-electron chi connectivity index (χ3n) is 5.72. The molecule has 1 aliphatic heterocycles. The van der Waals surface area contributed by atoms with Gasteiger partial charge in [0.25, 0.3) is 0 Å². The number of aryl methyl sites for hydroxylation is 1. The Morgan fingerprint density at radius 1 is 1.14 bits per heavy atom. The minimum atomic E-state index is -0.846. The lowest BCUT2D eigenvalue weighted by Crippen LogP contribution is -2.38. The van der Waals surface area contributed by atoms with Crippen LogP contribution in [0.15, 0.2) is 24.5 Å². The van der Waals surface area contributed by atoms with Crippen molar-refractivity contribution in [2.24, 2.45) is 11.3 Å². The van der Waals surface area contributed by atoms with Crippen LogP contribution in [0.3, 0.4) is 0 Å². The number of anilines is 1. The lowest BCUT2D eigenvalue weighted by molar-refractivity contribution is -0.136. The summed E-state index contributed by atoms with van der Waals surface area (Å²) in [4.78, 5) is 23.1. The fourth-order valence-corrected chi connectivity index (χ4v) is 3.77. The van der Waals surface area contributed by atoms with Crippen LogP contribution in [0.25, 0.3) is 11.3 Å². The van der Waals surface area contributed by atoms with Crippen molar-refractivity contribution in [1.82, 2.24) is 9.97 Å². The summed E-state index contributed by atoms with van der Waals surface area (Å²) < 4.78 is 5.76. The van der Waals surface area contributed by atoms with Crippen LogP contribution in [-0.4, -0.2) is 51.4 Å². The van der Waals surface area contributed by atoms with Gasteiger partial charge >= 0.3 is 5.97 Å². The van der Waals surface area contributed by atoms with Gasteiger partial charge in [0.05, 0.1) is 36.2 Å². The van der Waals surface area contributed by atoms with Gasteiger partial charge in [-0.1, -0.05) is 27.7 Å². The highest BCUT2D eigenvalue weighted by molar-refractivity contribution is 5.83. The van der Waals surface area contributed by atoms with Crippen molar-refractivity contribution in [3.63, 3.8) is 0 Å². The summed E-state index contributed by atoms with van der Waals surface area (Å²) in [6, 6.07) is 3.86. The maximum Gasteiger partial charge on any atom is 0.307 e. The molecule has 0 aliphatic carbocycles. The second kappa shape index (κ2) is 11.8. The zero-order valence-electron chi connectivity index (χ0n) is 22.7. The van der Waals surface area contributed by atoms with E-state index in [-0.39, 0.29) is 6.42 Å². The second-order valence-electron chi connectivity index (χ2n) is 11.6. The molecular weight excluding hydrogens is 442 g/mol. The van der Waals surface area contributed by atoms with E-state index < -0.39 is 11.6 Å². The smallest absolute Gasteiger partial charge is 0.307 e. The minimum Gasteiger partial charge on any atom is -0.492 e. The first-order valence-corrected chi connectivity index (χ1v) is 12.4. The van der Waals surface area contributed by atoms with Gasteiger partial charge in [0.2, 0.25) is 0 Å². The van der Waals surface area contributed by atoms with Gasteiger partial charge in [0.15, 0.2) is 0 Å². The molecule has 0 atom stereocenters. The quantitative estimate of drug-likeness (QED) is 0.533. The molecule has 2 aromatic rings. The van der Waals surface area contributed by atoms with Crippen LogP contribution in [0.2, 0.25) is 0 Å². The SMILES string of the molecule is CC(C)(C)O.Cc1ncc(-c2ccc(OCC(C)C)cn2)c(N2CCC(C)(C)CC2)c1CC(=O)O. The van der Waals surface area contributed by atoms with Crippen LogP contribution in [-0.2, 0) is 11.2 Å². The van der Waals surface area contributed by atoms with Crippen LogP contribution in [0, 0.1) is 18.3 Å². The second-order valence-corrected chi connectivity index (χ2v) is 11.6. The van der Waals surface area contributed by atoms with E-state index in [2.05, 4.69) is 42.6 Å². The summed E-state index contributed by atoms with van der Waals surface area (Å²) in [6.45, 7) is 18.3. The summed E-state index contributed by atoms with van der Waals surface area (Å²) in [7, 11) is 0. The average Bonchev–Trinajstić information content (AvgIpc) is 2.73. The van der Waals surface area contributed by atoms with Gasteiger partial charge in [0.1, 0.15) is 5.75 Å². The number of hydrogen-bond donors (Lipinski definition) is 2. The van der Waals surface area contributed by atoms with E-state index in [1.54, 1.807) is 27.0 Å². The van der Waals surface area contributed by atoms with Gasteiger partial charge in [-0.25, -0.2) is 0 Å². The van der Waals surface area contributed by atoms with Gasteiger partial charge in [-0.15, -0.1) is 0 Å². The molecule has 0 aromatic carbocycles. The summed E-state index contributed by atoms with van der Waals surface area (Å²) in [5.74, 6) is 0.333. The molecule has 2 N–H and O–H groups in total. The first-order valence-electron chi connectivity index (χ1n) is 12.4. The molecule has 1 fully saturated rings. The van der Waals surface area contributed by atoms with E-state index in [4.69, 9.17) is 9.84 Å². The number of carboxylic acids is 1. The van der Waals surface area contributed by atoms with E-state index in [0.29, 0.717) is 17.9 Å². The molecule has 0 spiro atoms. The number of ether oxygens (including phenoxy) is 1. The molecule has 0 amide bonds. The highest BCUT2D eigenvalue weighted by atomic mass is 16.5. The van der Waals surface area contributed by atoms with E-state index in [1.807, 2.05) is 25.3 Å². The maximum atomic E-state index is 11.6. The van der Waals surface area contributed by atoms with Gasteiger partial charge in [-0.05, 0) is 64.0 Å². The number of nitrogens with zero attached hydrogens (tertiary/aromatic N) is 3. The molecule has 194 valence electrons. The van der Waals surface area contributed by atoms with Gasteiger partial charge in [0, 0.05) is 36.1 Å². The van der Waals surface area contributed by atoms with Crippen molar-refractivity contribution in [3.8, 4) is 17.0 Å². The van der Waals surface area contributed by atoms with E-state index in [1.165, 1.54) is 0 Å². The number of aliphatic hydroxyl groups is 1. The number of carbonyl (C=O) groups is 1. The topological polar surface area (TPSA) is 95.8 Å². The van der Waals surface area contributed by atoms with Crippen LogP contribution >= 0.6 is 0 Å². The summed E-state index contributed by atoms with van der Waals surface area (Å²) in [5, 5.41) is 18.0. The van der Waals surface area contributed by atoms with Crippen molar-refractivity contribution in [1.29, 1.82) is 0 Å². The molecule has 1 saturated heterocycles. The Morgan fingerprint density at radius 3 is 2.23 bits per heavy atom. The van der Waals surface area contributed by atoms with E-state index >= 15 is 0 Å². The van der Waals surface area contributed by atoms with Crippen LogP contribution in [0.1, 0.15) is 72.6 Å². The molecule has 0 unspecified atom stereocenters.